The first-order chi connectivity index (χ1) is 17.2. The number of nitrogens with one attached hydrogen (secondary N) is 2. The number of nitrogens with zero attached hydrogens (tertiary/aromatic N) is 7. The molecule has 0 amide bonds. The first-order valence-corrected chi connectivity index (χ1v) is 11.3. The molecule has 0 aliphatic carbocycles. The topological polar surface area (TPSA) is 138 Å². The van der Waals surface area contributed by atoms with Crippen molar-refractivity contribution in [2.75, 3.05) is 18.0 Å². The van der Waals surface area contributed by atoms with Crippen LogP contribution in [0.5, 0.6) is 0 Å². The summed E-state index contributed by atoms with van der Waals surface area (Å²) in [6.07, 6.45) is 8.81. The predicted octanol–water partition coefficient (Wildman–Crippen LogP) is 3.17. The molecule has 1 fully saturated rings. The molecule has 1 aliphatic rings. The molecule has 6 aromatic rings. The molecule has 0 saturated carbocycles. The number of nitrogens with two attached hydrogens (primary N) is 1. The van der Waals surface area contributed by atoms with Gasteiger partial charge in [-0.05, 0) is 29.8 Å². The van der Waals surface area contributed by atoms with Gasteiger partial charge >= 0.3 is 0 Å². The normalized spacial score (nSPS) is 14.0. The number of imidazole rings is 1. The van der Waals surface area contributed by atoms with Gasteiger partial charge in [0.1, 0.15) is 17.2 Å². The second-order valence-corrected chi connectivity index (χ2v) is 8.64. The summed E-state index contributed by atoms with van der Waals surface area (Å²) in [6, 6.07) is 12.2. The van der Waals surface area contributed by atoms with Crippen LogP contribution >= 0.6 is 0 Å². The van der Waals surface area contributed by atoms with E-state index in [4.69, 9.17) is 15.7 Å². The van der Waals surface area contributed by atoms with Gasteiger partial charge in [0.25, 0.3) is 0 Å². The van der Waals surface area contributed by atoms with Gasteiger partial charge < -0.3 is 15.6 Å². The maximum absolute atomic E-state index is 5.92. The maximum Gasteiger partial charge on any atom is 0.159 e. The zero-order valence-corrected chi connectivity index (χ0v) is 18.6. The Morgan fingerprint density at radius 3 is 2.66 bits per heavy atom. The van der Waals surface area contributed by atoms with E-state index in [0.29, 0.717) is 17.2 Å². The number of rotatable bonds is 4. The summed E-state index contributed by atoms with van der Waals surface area (Å²) >= 11 is 0. The summed E-state index contributed by atoms with van der Waals surface area (Å²) in [5.74, 6) is 1.48. The largest absolute Gasteiger partial charge is 0.352 e. The summed E-state index contributed by atoms with van der Waals surface area (Å²) in [5.41, 5.74) is 12.8. The highest BCUT2D eigenvalue weighted by atomic mass is 15.3. The zero-order valence-electron chi connectivity index (χ0n) is 18.6. The van der Waals surface area contributed by atoms with E-state index in [0.717, 1.165) is 57.7 Å². The SMILES string of the molecule is NC1CN(c2cncc(-c3cc4c(-c5nc6c(-c7ccncc7)cccc6[nH]5)n[nH]c4cn3)n2)C1. The lowest BCUT2D eigenvalue weighted by atomic mass is 10.1. The lowest BCUT2D eigenvalue weighted by Gasteiger charge is -2.37. The first kappa shape index (κ1) is 19.7. The highest BCUT2D eigenvalue weighted by molar-refractivity contribution is 5.97. The Balaban J connectivity index is 1.31. The fraction of sp³-hybridized carbons (Fsp3) is 0.120. The second-order valence-electron chi connectivity index (χ2n) is 8.64. The van der Waals surface area contributed by atoms with Gasteiger partial charge in [0.2, 0.25) is 0 Å². The van der Waals surface area contributed by atoms with Gasteiger partial charge in [-0.1, -0.05) is 12.1 Å². The van der Waals surface area contributed by atoms with Gasteiger partial charge in [0, 0.05) is 42.5 Å². The molecule has 7 rings (SSSR count). The highest BCUT2D eigenvalue weighted by Crippen LogP contribution is 2.32. The van der Waals surface area contributed by atoms with Crippen LogP contribution in [0.2, 0.25) is 0 Å². The first-order valence-electron chi connectivity index (χ1n) is 11.3. The quantitative estimate of drug-likeness (QED) is 0.365. The zero-order chi connectivity index (χ0) is 23.4. The Hall–Kier alpha value is -4.70. The van der Waals surface area contributed by atoms with Crippen molar-refractivity contribution in [3.8, 4) is 34.0 Å². The number of hydrogen-bond donors (Lipinski definition) is 3. The van der Waals surface area contributed by atoms with E-state index in [1.807, 2.05) is 30.3 Å². The van der Waals surface area contributed by atoms with Crippen molar-refractivity contribution in [3.05, 3.63) is 67.4 Å². The van der Waals surface area contributed by atoms with E-state index in [1.54, 1.807) is 31.0 Å². The molecule has 0 atom stereocenters. The van der Waals surface area contributed by atoms with Gasteiger partial charge in [0.15, 0.2) is 5.82 Å². The van der Waals surface area contributed by atoms with Crippen LogP contribution in [0.3, 0.4) is 0 Å². The van der Waals surface area contributed by atoms with Crippen molar-refractivity contribution in [1.29, 1.82) is 0 Å². The number of fused-ring (bicyclic) bond motifs is 2. The van der Waals surface area contributed by atoms with Gasteiger partial charge in [-0.3, -0.25) is 20.1 Å². The monoisotopic (exact) mass is 460 g/mol. The Kier molecular flexibility index (Phi) is 4.33. The van der Waals surface area contributed by atoms with E-state index in [2.05, 4.69) is 41.1 Å². The van der Waals surface area contributed by atoms with E-state index in [1.165, 1.54) is 0 Å². The lowest BCUT2D eigenvalue weighted by Crippen LogP contribution is -2.56. The summed E-state index contributed by atoms with van der Waals surface area (Å²) in [4.78, 5) is 28.3. The number of para-hydroxylation sites is 1. The molecule has 0 bridgehead atoms. The number of anilines is 1. The minimum Gasteiger partial charge on any atom is -0.352 e. The molecule has 0 spiro atoms. The molecule has 4 N–H and O–H groups in total. The number of aromatic amines is 2. The van der Waals surface area contributed by atoms with Crippen molar-refractivity contribution >= 4 is 27.8 Å². The van der Waals surface area contributed by atoms with Crippen LogP contribution in [0.15, 0.2) is 67.4 Å². The van der Waals surface area contributed by atoms with Crippen LogP contribution in [-0.4, -0.2) is 59.2 Å². The Labute approximate surface area is 199 Å². The third-order valence-electron chi connectivity index (χ3n) is 6.29. The average molecular weight is 461 g/mol. The van der Waals surface area contributed by atoms with Crippen LogP contribution in [-0.2, 0) is 0 Å². The van der Waals surface area contributed by atoms with Crippen molar-refractivity contribution in [2.45, 2.75) is 6.04 Å². The lowest BCUT2D eigenvalue weighted by molar-refractivity contribution is 0.514. The Morgan fingerprint density at radius 1 is 0.914 bits per heavy atom. The molecule has 0 unspecified atom stereocenters. The minimum absolute atomic E-state index is 0.186. The number of aromatic nitrogens is 8. The Bertz CT molecular complexity index is 1680. The number of hydrogen-bond acceptors (Lipinski definition) is 8. The number of H-pyrrole nitrogens is 2. The standard InChI is InChI=1S/C25H20N10/c26-15-12-35(13-15)22-11-28-9-21(30-22)19-8-17-20(10-29-19)33-34-24(17)25-31-18-3-1-2-16(23(18)32-25)14-4-6-27-7-5-14/h1-11,15H,12-13,26H2,(H,31,32)(H,33,34). The molecule has 10 nitrogen and oxygen atoms in total. The van der Waals surface area contributed by atoms with E-state index >= 15 is 0 Å². The summed E-state index contributed by atoms with van der Waals surface area (Å²) in [6.45, 7) is 1.56. The van der Waals surface area contributed by atoms with E-state index in [9.17, 15) is 0 Å². The van der Waals surface area contributed by atoms with Crippen LogP contribution in [0, 0.1) is 0 Å². The fourth-order valence-corrected chi connectivity index (χ4v) is 4.48. The third kappa shape index (κ3) is 3.30. The van der Waals surface area contributed by atoms with Crippen LogP contribution in [0.1, 0.15) is 0 Å². The molecule has 5 aromatic heterocycles. The van der Waals surface area contributed by atoms with Crippen LogP contribution < -0.4 is 10.6 Å². The minimum atomic E-state index is 0.186. The molecule has 1 saturated heterocycles. The van der Waals surface area contributed by atoms with Crippen molar-refractivity contribution in [1.82, 2.24) is 40.1 Å². The summed E-state index contributed by atoms with van der Waals surface area (Å²) < 4.78 is 0. The molecular formula is C25H20N10. The van der Waals surface area contributed by atoms with E-state index in [-0.39, 0.29) is 6.04 Å². The number of pyridine rings is 2. The highest BCUT2D eigenvalue weighted by Gasteiger charge is 2.25. The van der Waals surface area contributed by atoms with Gasteiger partial charge in [0.05, 0.1) is 40.8 Å². The average Bonchev–Trinajstić information content (AvgIpc) is 3.51. The molecular weight excluding hydrogens is 440 g/mol. The maximum atomic E-state index is 5.92. The second kappa shape index (κ2) is 7.67. The third-order valence-corrected chi connectivity index (χ3v) is 6.29. The number of benzene rings is 1. The van der Waals surface area contributed by atoms with Gasteiger partial charge in [-0.15, -0.1) is 0 Å². The van der Waals surface area contributed by atoms with E-state index < -0.39 is 0 Å². The summed E-state index contributed by atoms with van der Waals surface area (Å²) in [7, 11) is 0. The van der Waals surface area contributed by atoms with Crippen molar-refractivity contribution < 1.29 is 0 Å². The molecule has 170 valence electrons. The molecule has 1 aromatic carbocycles. The molecule has 0 radical (unpaired) electrons. The van der Waals surface area contributed by atoms with Crippen molar-refractivity contribution in [3.63, 3.8) is 0 Å². The summed E-state index contributed by atoms with van der Waals surface area (Å²) in [5, 5.41) is 8.52. The Morgan fingerprint density at radius 2 is 1.80 bits per heavy atom. The molecule has 1 aliphatic heterocycles. The van der Waals surface area contributed by atoms with Gasteiger partial charge in [-0.2, -0.15) is 5.10 Å². The predicted molar refractivity (Wildman–Crippen MR) is 133 cm³/mol. The fourth-order valence-electron chi connectivity index (χ4n) is 4.48. The van der Waals surface area contributed by atoms with Crippen LogP contribution in [0.25, 0.3) is 56.0 Å². The smallest absolute Gasteiger partial charge is 0.159 e. The van der Waals surface area contributed by atoms with Crippen LogP contribution in [0.4, 0.5) is 5.82 Å². The molecule has 6 heterocycles. The van der Waals surface area contributed by atoms with Crippen molar-refractivity contribution in [2.24, 2.45) is 5.73 Å². The molecule has 10 heteroatoms. The molecule has 35 heavy (non-hydrogen) atoms. The van der Waals surface area contributed by atoms with Gasteiger partial charge in [-0.25, -0.2) is 9.97 Å².